The van der Waals surface area contributed by atoms with E-state index in [9.17, 15) is 0 Å². The Kier molecular flexibility index (Phi) is 3.53. The normalized spacial score (nSPS) is 16.1. The Balaban J connectivity index is 3.68. The Morgan fingerprint density at radius 3 is 2.30 bits per heavy atom. The van der Waals surface area contributed by atoms with Crippen LogP contribution in [0, 0.1) is 0 Å². The second-order valence-electron chi connectivity index (χ2n) is 3.03. The molecule has 0 spiro atoms. The number of aliphatic hydroxyl groups excluding tert-OH is 1. The summed E-state index contributed by atoms with van der Waals surface area (Å²) in [6, 6.07) is 0. The van der Waals surface area contributed by atoms with Crippen molar-refractivity contribution in [2.75, 3.05) is 7.05 Å². The molecule has 0 aromatic rings. The number of rotatable bonds is 2. The highest BCUT2D eigenvalue weighted by Crippen LogP contribution is 2.07. The lowest BCUT2D eigenvalue weighted by Gasteiger charge is -2.21. The second kappa shape index (κ2) is 3.68. The van der Waals surface area contributed by atoms with Gasteiger partial charge in [0.15, 0.2) is 6.29 Å². The van der Waals surface area contributed by atoms with Gasteiger partial charge in [-0.05, 0) is 20.8 Å². The number of ether oxygens (including phenoxy) is 1. The summed E-state index contributed by atoms with van der Waals surface area (Å²) >= 11 is 0. The quantitative estimate of drug-likeness (QED) is 0.461. The zero-order chi connectivity index (χ0) is 8.20. The zero-order valence-corrected chi connectivity index (χ0v) is 6.96. The van der Waals surface area contributed by atoms with Crippen LogP contribution >= 0.6 is 0 Å². The Bertz CT molecular complexity index is 115. The minimum atomic E-state index is -0.884. The highest BCUT2D eigenvalue weighted by atomic mass is 16.6. The molecule has 0 amide bonds. The molecule has 0 bridgehead atoms. The van der Waals surface area contributed by atoms with Gasteiger partial charge in [-0.1, -0.05) is 0 Å². The smallest absolute Gasteiger partial charge is 0.191 e. The molecule has 0 aliphatic heterocycles. The number of hydrogen-bond acceptors (Lipinski definition) is 3. The molecule has 10 heavy (non-hydrogen) atoms. The predicted molar refractivity (Wildman–Crippen MR) is 41.3 cm³/mol. The second-order valence-corrected chi connectivity index (χ2v) is 3.03. The van der Waals surface area contributed by atoms with Crippen LogP contribution in [0.25, 0.3) is 0 Å². The molecule has 3 nitrogen and oxygen atoms in total. The fourth-order valence-corrected chi connectivity index (χ4v) is 0.520. The molecule has 0 aromatic heterocycles. The van der Waals surface area contributed by atoms with E-state index >= 15 is 0 Å². The van der Waals surface area contributed by atoms with E-state index in [1.165, 1.54) is 6.21 Å². The van der Waals surface area contributed by atoms with Crippen LogP contribution in [0.5, 0.6) is 0 Å². The molecule has 0 aliphatic rings. The van der Waals surface area contributed by atoms with Gasteiger partial charge in [-0.15, -0.1) is 0 Å². The van der Waals surface area contributed by atoms with Gasteiger partial charge in [-0.3, -0.25) is 4.99 Å². The highest BCUT2D eigenvalue weighted by Gasteiger charge is 2.14. The number of aliphatic imine (C=N–C) groups is 1. The molecule has 60 valence electrons. The molecule has 0 saturated heterocycles. The molecule has 1 unspecified atom stereocenters. The Labute approximate surface area is 61.7 Å². The summed E-state index contributed by atoms with van der Waals surface area (Å²) in [5, 5.41) is 9.01. The van der Waals surface area contributed by atoms with E-state index in [2.05, 4.69) is 4.99 Å². The van der Waals surface area contributed by atoms with E-state index in [0.717, 1.165) is 0 Å². The molecular weight excluding hydrogens is 130 g/mol. The van der Waals surface area contributed by atoms with Crippen LogP contribution in [0.2, 0.25) is 0 Å². The first kappa shape index (κ1) is 9.59. The van der Waals surface area contributed by atoms with Gasteiger partial charge in [-0.2, -0.15) is 0 Å². The first-order valence-corrected chi connectivity index (χ1v) is 3.24. The van der Waals surface area contributed by atoms with E-state index in [1.807, 2.05) is 20.8 Å². The molecular formula is C7H15NO2. The third-order valence-electron chi connectivity index (χ3n) is 0.751. The van der Waals surface area contributed by atoms with Gasteiger partial charge >= 0.3 is 0 Å². The van der Waals surface area contributed by atoms with Crippen molar-refractivity contribution in [3.05, 3.63) is 0 Å². The van der Waals surface area contributed by atoms with Gasteiger partial charge in [0.05, 0.1) is 11.8 Å². The fourth-order valence-electron chi connectivity index (χ4n) is 0.520. The summed E-state index contributed by atoms with van der Waals surface area (Å²) < 4.78 is 5.08. The molecule has 0 fully saturated rings. The summed E-state index contributed by atoms with van der Waals surface area (Å²) in [6.45, 7) is 5.62. The van der Waals surface area contributed by atoms with Crippen molar-refractivity contribution in [2.45, 2.75) is 32.7 Å². The molecule has 0 radical (unpaired) electrons. The van der Waals surface area contributed by atoms with Crippen molar-refractivity contribution in [3.8, 4) is 0 Å². The third kappa shape index (κ3) is 5.72. The van der Waals surface area contributed by atoms with Gasteiger partial charge in [-0.25, -0.2) is 0 Å². The molecule has 0 aliphatic carbocycles. The minimum Gasteiger partial charge on any atom is -0.363 e. The predicted octanol–water partition coefficient (Wildman–Crippen LogP) is 0.821. The molecule has 1 atom stereocenters. The van der Waals surface area contributed by atoms with Crippen molar-refractivity contribution in [3.63, 3.8) is 0 Å². The number of hydrogen-bond donors (Lipinski definition) is 1. The van der Waals surface area contributed by atoms with Crippen molar-refractivity contribution < 1.29 is 9.84 Å². The number of nitrogens with zero attached hydrogens (tertiary/aromatic N) is 1. The lowest BCUT2D eigenvalue weighted by molar-refractivity contribution is -0.123. The van der Waals surface area contributed by atoms with Gasteiger partial charge < -0.3 is 9.84 Å². The summed E-state index contributed by atoms with van der Waals surface area (Å²) in [5.41, 5.74) is -0.319. The van der Waals surface area contributed by atoms with Crippen LogP contribution in [0.1, 0.15) is 20.8 Å². The highest BCUT2D eigenvalue weighted by molar-refractivity contribution is 5.60. The van der Waals surface area contributed by atoms with Crippen LogP contribution in [0.4, 0.5) is 0 Å². The average molecular weight is 145 g/mol. The zero-order valence-electron chi connectivity index (χ0n) is 6.96. The lowest BCUT2D eigenvalue weighted by Crippen LogP contribution is -2.27. The Morgan fingerprint density at radius 2 is 2.00 bits per heavy atom. The maximum atomic E-state index is 9.01. The van der Waals surface area contributed by atoms with Crippen molar-refractivity contribution in [1.29, 1.82) is 0 Å². The van der Waals surface area contributed by atoms with Crippen molar-refractivity contribution in [1.82, 2.24) is 0 Å². The maximum absolute atomic E-state index is 9.01. The van der Waals surface area contributed by atoms with Gasteiger partial charge in [0.1, 0.15) is 0 Å². The fraction of sp³-hybridized carbons (Fsp3) is 0.857. The van der Waals surface area contributed by atoms with Gasteiger partial charge in [0.2, 0.25) is 0 Å². The summed E-state index contributed by atoms with van der Waals surface area (Å²) in [7, 11) is 1.59. The Morgan fingerprint density at radius 1 is 1.50 bits per heavy atom. The van der Waals surface area contributed by atoms with Crippen molar-refractivity contribution in [2.24, 2.45) is 4.99 Å². The molecule has 3 heteroatoms. The van der Waals surface area contributed by atoms with Crippen LogP contribution in [0.15, 0.2) is 4.99 Å². The molecule has 0 heterocycles. The number of aliphatic hydroxyl groups is 1. The van der Waals surface area contributed by atoms with Gasteiger partial charge in [0.25, 0.3) is 0 Å². The maximum Gasteiger partial charge on any atom is 0.191 e. The summed E-state index contributed by atoms with van der Waals surface area (Å²) in [4.78, 5) is 3.62. The summed E-state index contributed by atoms with van der Waals surface area (Å²) in [6.07, 6.45) is 0.468. The first-order valence-electron chi connectivity index (χ1n) is 3.24. The molecule has 0 rings (SSSR count). The van der Waals surface area contributed by atoms with E-state index in [4.69, 9.17) is 9.84 Å². The van der Waals surface area contributed by atoms with Crippen LogP contribution < -0.4 is 0 Å². The third-order valence-corrected chi connectivity index (χ3v) is 0.751. The largest absolute Gasteiger partial charge is 0.363 e. The van der Waals surface area contributed by atoms with E-state index in [0.29, 0.717) is 0 Å². The monoisotopic (exact) mass is 145 g/mol. The van der Waals surface area contributed by atoms with Crippen LogP contribution in [0.3, 0.4) is 0 Å². The first-order chi connectivity index (χ1) is 4.45. The summed E-state index contributed by atoms with van der Waals surface area (Å²) in [5.74, 6) is 0. The molecule has 1 N–H and O–H groups in total. The molecule has 0 aromatic carbocycles. The van der Waals surface area contributed by atoms with Crippen LogP contribution in [-0.4, -0.2) is 30.3 Å². The molecule has 0 saturated carbocycles. The van der Waals surface area contributed by atoms with Crippen LogP contribution in [-0.2, 0) is 4.74 Å². The average Bonchev–Trinajstić information content (AvgIpc) is 1.59. The van der Waals surface area contributed by atoms with E-state index in [-0.39, 0.29) is 5.60 Å². The van der Waals surface area contributed by atoms with Crippen molar-refractivity contribution >= 4 is 6.21 Å². The Hall–Kier alpha value is -0.410. The lowest BCUT2D eigenvalue weighted by atomic mass is 10.2. The standard InChI is InChI=1S/C7H15NO2/c1-7(2,3)10-6(9)5-8-4/h5-6,9H,1-4H3. The van der Waals surface area contributed by atoms with E-state index < -0.39 is 6.29 Å². The SMILES string of the molecule is CN=CC(O)OC(C)(C)C. The van der Waals surface area contributed by atoms with E-state index in [1.54, 1.807) is 7.05 Å². The minimum absolute atomic E-state index is 0.319. The topological polar surface area (TPSA) is 41.8 Å². The van der Waals surface area contributed by atoms with Gasteiger partial charge in [0, 0.05) is 7.05 Å².